The summed E-state index contributed by atoms with van der Waals surface area (Å²) >= 11 is 0. The average Bonchev–Trinajstić information content (AvgIpc) is 3.30. The number of benzene rings is 1. The maximum atomic E-state index is 12.8. The Kier molecular flexibility index (Phi) is 6.42. The maximum absolute atomic E-state index is 12.8. The molecule has 0 aliphatic carbocycles. The van der Waals surface area contributed by atoms with E-state index in [1.807, 2.05) is 13.8 Å². The van der Waals surface area contributed by atoms with Crippen molar-refractivity contribution in [1.82, 2.24) is 4.90 Å². The van der Waals surface area contributed by atoms with Crippen molar-refractivity contribution in [2.45, 2.75) is 52.2 Å². The lowest BCUT2D eigenvalue weighted by Crippen LogP contribution is -2.30. The molecule has 2 aromatic rings. The highest BCUT2D eigenvalue weighted by Gasteiger charge is 2.47. The van der Waals surface area contributed by atoms with Gasteiger partial charge in [-0.2, -0.15) is 0 Å². The molecule has 1 unspecified atom stereocenters. The summed E-state index contributed by atoms with van der Waals surface area (Å²) in [6.07, 6.45) is 4.19. The van der Waals surface area contributed by atoms with E-state index in [0.717, 1.165) is 19.3 Å². The second-order valence-corrected chi connectivity index (χ2v) is 7.41. The Balaban J connectivity index is 2.04. The molecule has 2 heterocycles. The van der Waals surface area contributed by atoms with Crippen LogP contribution in [0.5, 0.6) is 5.75 Å². The Morgan fingerprint density at radius 3 is 2.66 bits per heavy atom. The van der Waals surface area contributed by atoms with Gasteiger partial charge in [0.25, 0.3) is 11.7 Å². The molecule has 0 saturated carbocycles. The fraction of sp³-hybridized carbons (Fsp3) is 0.391. The fourth-order valence-electron chi connectivity index (χ4n) is 3.53. The number of hydrogen-bond acceptors (Lipinski definition) is 5. The number of aliphatic hydroxyl groups excluding tert-OH is 1. The van der Waals surface area contributed by atoms with Crippen molar-refractivity contribution in [3.05, 3.63) is 59.6 Å². The summed E-state index contributed by atoms with van der Waals surface area (Å²) in [5.74, 6) is -0.501. The Morgan fingerprint density at radius 2 is 2.00 bits per heavy atom. The molecule has 6 nitrogen and oxygen atoms in total. The summed E-state index contributed by atoms with van der Waals surface area (Å²) in [5, 5.41) is 11.0. The molecule has 1 aromatic heterocycles. The largest absolute Gasteiger partial charge is 0.507 e. The molecule has 1 N–H and O–H groups in total. The summed E-state index contributed by atoms with van der Waals surface area (Å²) < 4.78 is 11.2. The van der Waals surface area contributed by atoms with E-state index < -0.39 is 17.7 Å². The predicted molar refractivity (Wildman–Crippen MR) is 109 cm³/mol. The molecule has 1 atom stereocenters. The molecule has 1 fully saturated rings. The number of carbonyl (C=O) groups excluding carboxylic acids is 2. The number of Topliss-reactive ketones (excluding diaryl/α,β-unsaturated/α-hetero) is 1. The first-order valence-electron chi connectivity index (χ1n) is 10.0. The van der Waals surface area contributed by atoms with Crippen LogP contribution in [0.1, 0.15) is 57.4 Å². The first-order valence-corrected chi connectivity index (χ1v) is 10.0. The number of ketones is 1. The second kappa shape index (κ2) is 8.99. The van der Waals surface area contributed by atoms with Crippen LogP contribution in [0, 0.1) is 0 Å². The van der Waals surface area contributed by atoms with Crippen LogP contribution in [-0.4, -0.2) is 34.3 Å². The van der Waals surface area contributed by atoms with Crippen LogP contribution < -0.4 is 4.74 Å². The monoisotopic (exact) mass is 397 g/mol. The van der Waals surface area contributed by atoms with E-state index in [4.69, 9.17) is 9.15 Å². The summed E-state index contributed by atoms with van der Waals surface area (Å²) in [7, 11) is 0. The van der Waals surface area contributed by atoms with Crippen molar-refractivity contribution >= 4 is 17.4 Å². The Hall–Kier alpha value is -3.02. The van der Waals surface area contributed by atoms with E-state index in [1.165, 1.54) is 11.2 Å². The van der Waals surface area contributed by atoms with Crippen LogP contribution >= 0.6 is 0 Å². The van der Waals surface area contributed by atoms with E-state index in [-0.39, 0.29) is 17.4 Å². The van der Waals surface area contributed by atoms with Gasteiger partial charge in [-0.15, -0.1) is 0 Å². The van der Waals surface area contributed by atoms with Crippen LogP contribution in [0.3, 0.4) is 0 Å². The molecule has 1 aromatic carbocycles. The number of nitrogens with zero attached hydrogens (tertiary/aromatic N) is 1. The van der Waals surface area contributed by atoms with Gasteiger partial charge in [0, 0.05) is 12.1 Å². The molecule has 0 radical (unpaired) electrons. The zero-order valence-electron chi connectivity index (χ0n) is 17.1. The predicted octanol–water partition coefficient (Wildman–Crippen LogP) is 4.68. The van der Waals surface area contributed by atoms with E-state index in [0.29, 0.717) is 23.6 Å². The van der Waals surface area contributed by atoms with Gasteiger partial charge in [-0.05, 0) is 44.5 Å². The van der Waals surface area contributed by atoms with Gasteiger partial charge in [-0.1, -0.05) is 31.9 Å². The van der Waals surface area contributed by atoms with Crippen molar-refractivity contribution in [1.29, 1.82) is 0 Å². The van der Waals surface area contributed by atoms with Crippen molar-refractivity contribution in [2.75, 3.05) is 6.54 Å². The van der Waals surface area contributed by atoms with Crippen LogP contribution in [0.25, 0.3) is 5.76 Å². The Morgan fingerprint density at radius 1 is 1.21 bits per heavy atom. The SMILES string of the molecule is CCCCCN1C(=O)C(=O)/C(=C(\O)c2cccc(OC(C)C)c2)C1c1ccco1. The molecule has 3 rings (SSSR count). The smallest absolute Gasteiger partial charge is 0.295 e. The third-order valence-electron chi connectivity index (χ3n) is 4.83. The van der Waals surface area contributed by atoms with Crippen molar-refractivity contribution in [2.24, 2.45) is 0 Å². The number of hydrogen-bond donors (Lipinski definition) is 1. The van der Waals surface area contributed by atoms with E-state index >= 15 is 0 Å². The summed E-state index contributed by atoms with van der Waals surface area (Å²) in [4.78, 5) is 27.1. The lowest BCUT2D eigenvalue weighted by molar-refractivity contribution is -0.140. The first-order chi connectivity index (χ1) is 13.9. The van der Waals surface area contributed by atoms with Crippen LogP contribution in [0.4, 0.5) is 0 Å². The van der Waals surface area contributed by atoms with Gasteiger partial charge in [0.15, 0.2) is 0 Å². The van der Waals surface area contributed by atoms with Gasteiger partial charge in [0.1, 0.15) is 23.3 Å². The third-order valence-corrected chi connectivity index (χ3v) is 4.83. The van der Waals surface area contributed by atoms with E-state index in [9.17, 15) is 14.7 Å². The zero-order valence-corrected chi connectivity index (χ0v) is 17.1. The molecule has 1 aliphatic rings. The van der Waals surface area contributed by atoms with Crippen LogP contribution in [0.15, 0.2) is 52.7 Å². The number of furan rings is 1. The summed E-state index contributed by atoms with van der Waals surface area (Å²) in [5.41, 5.74) is 0.467. The minimum absolute atomic E-state index is 0.0281. The Labute approximate surface area is 170 Å². The number of amides is 1. The number of rotatable bonds is 8. The van der Waals surface area contributed by atoms with Gasteiger partial charge >= 0.3 is 0 Å². The van der Waals surface area contributed by atoms with Crippen molar-refractivity contribution in [3.8, 4) is 5.75 Å². The van der Waals surface area contributed by atoms with Crippen LogP contribution in [-0.2, 0) is 9.59 Å². The van der Waals surface area contributed by atoms with Gasteiger partial charge in [-0.3, -0.25) is 9.59 Å². The van der Waals surface area contributed by atoms with Crippen molar-refractivity contribution in [3.63, 3.8) is 0 Å². The van der Waals surface area contributed by atoms with Gasteiger partial charge in [-0.25, -0.2) is 0 Å². The third kappa shape index (κ3) is 4.36. The number of likely N-dealkylation sites (tertiary alicyclic amines) is 1. The van der Waals surface area contributed by atoms with Gasteiger partial charge < -0.3 is 19.2 Å². The first kappa shape index (κ1) is 20.7. The van der Waals surface area contributed by atoms with Crippen molar-refractivity contribution < 1.29 is 23.8 Å². The number of ether oxygens (including phenoxy) is 1. The highest BCUT2D eigenvalue weighted by molar-refractivity contribution is 6.46. The van der Waals surface area contributed by atoms with Gasteiger partial charge in [0.2, 0.25) is 0 Å². The normalized spacial score (nSPS) is 18.6. The molecule has 0 spiro atoms. The quantitative estimate of drug-likeness (QED) is 0.303. The molecular weight excluding hydrogens is 370 g/mol. The lowest BCUT2D eigenvalue weighted by Gasteiger charge is -2.23. The standard InChI is InChI=1S/C23H27NO5/c1-4-5-6-12-24-20(18-11-8-13-28-18)19(22(26)23(24)27)21(25)16-9-7-10-17(14-16)29-15(2)3/h7-11,13-15,20,25H,4-6,12H2,1-3H3/b21-19-. The van der Waals surface area contributed by atoms with Crippen LogP contribution in [0.2, 0.25) is 0 Å². The lowest BCUT2D eigenvalue weighted by atomic mass is 9.99. The number of aliphatic hydroxyl groups is 1. The summed E-state index contributed by atoms with van der Waals surface area (Å²) in [6.45, 7) is 6.32. The molecule has 154 valence electrons. The molecule has 6 heteroatoms. The molecule has 29 heavy (non-hydrogen) atoms. The number of carbonyl (C=O) groups is 2. The maximum Gasteiger partial charge on any atom is 0.295 e. The average molecular weight is 397 g/mol. The highest BCUT2D eigenvalue weighted by Crippen LogP contribution is 2.40. The molecular formula is C23H27NO5. The summed E-state index contributed by atoms with van der Waals surface area (Å²) in [6, 6.07) is 9.56. The fourth-order valence-corrected chi connectivity index (χ4v) is 3.53. The molecule has 1 saturated heterocycles. The second-order valence-electron chi connectivity index (χ2n) is 7.41. The number of unbranched alkanes of at least 4 members (excludes halogenated alkanes) is 2. The van der Waals surface area contributed by atoms with Gasteiger partial charge in [0.05, 0.1) is 17.9 Å². The topological polar surface area (TPSA) is 80.0 Å². The van der Waals surface area contributed by atoms with E-state index in [2.05, 4.69) is 6.92 Å². The highest BCUT2D eigenvalue weighted by atomic mass is 16.5. The minimum Gasteiger partial charge on any atom is -0.507 e. The Bertz CT molecular complexity index is 898. The molecule has 0 bridgehead atoms. The molecule has 1 amide bonds. The minimum atomic E-state index is -0.739. The van der Waals surface area contributed by atoms with E-state index in [1.54, 1.807) is 36.4 Å². The zero-order chi connectivity index (χ0) is 21.0. The molecule has 1 aliphatic heterocycles.